The molecule has 2 unspecified atom stereocenters. The first-order valence-corrected chi connectivity index (χ1v) is 6.78. The van der Waals surface area contributed by atoms with Gasteiger partial charge in [0.25, 0.3) is 11.6 Å². The van der Waals surface area contributed by atoms with Crippen LogP contribution < -0.4 is 10.6 Å². The number of nitrogens with zero attached hydrogens (tertiary/aromatic N) is 1. The summed E-state index contributed by atoms with van der Waals surface area (Å²) in [6.45, 7) is 4.65. The highest BCUT2D eigenvalue weighted by Crippen LogP contribution is 2.19. The normalized spacial score (nSPS) is 21.2. The predicted molar refractivity (Wildman–Crippen MR) is 83.0 cm³/mol. The quantitative estimate of drug-likeness (QED) is 0.662. The lowest BCUT2D eigenvalue weighted by Crippen LogP contribution is -2.51. The smallest absolute Gasteiger partial charge is 0.273 e. The Morgan fingerprint density at radius 3 is 2.81 bits per heavy atom. The molecule has 1 aliphatic heterocycles. The van der Waals surface area contributed by atoms with Crippen molar-refractivity contribution >= 4 is 24.0 Å². The summed E-state index contributed by atoms with van der Waals surface area (Å²) in [4.78, 5) is 22.6. The molecule has 2 N–H and O–H groups in total. The van der Waals surface area contributed by atoms with Crippen LogP contribution in [0, 0.1) is 17.0 Å². The summed E-state index contributed by atoms with van der Waals surface area (Å²) in [6, 6.07) is 4.85. The van der Waals surface area contributed by atoms with Crippen LogP contribution in [0.4, 0.5) is 5.69 Å². The van der Waals surface area contributed by atoms with Crippen LogP contribution in [0.1, 0.15) is 35.7 Å². The molecule has 7 heteroatoms. The molecule has 2 rings (SSSR count). The minimum atomic E-state index is -0.461. The van der Waals surface area contributed by atoms with Crippen molar-refractivity contribution in [3.63, 3.8) is 0 Å². The number of nitro benzene ring substituents is 1. The van der Waals surface area contributed by atoms with E-state index in [1.54, 1.807) is 19.1 Å². The van der Waals surface area contributed by atoms with Crippen molar-refractivity contribution < 1.29 is 9.72 Å². The lowest BCUT2D eigenvalue weighted by atomic mass is 9.99. The predicted octanol–water partition coefficient (Wildman–Crippen LogP) is 2.20. The average Bonchev–Trinajstić information content (AvgIpc) is 2.41. The fraction of sp³-hybridized carbons (Fsp3) is 0.500. The van der Waals surface area contributed by atoms with E-state index in [0.29, 0.717) is 11.1 Å². The van der Waals surface area contributed by atoms with Crippen molar-refractivity contribution in [2.45, 2.75) is 38.8 Å². The second kappa shape index (κ2) is 7.38. The molecule has 1 aromatic rings. The van der Waals surface area contributed by atoms with Crippen molar-refractivity contribution in [1.82, 2.24) is 10.6 Å². The Hall–Kier alpha value is -1.66. The SMILES string of the molecule is Cc1ccc(C(=O)NC2CCCNC2C)cc1[N+](=O)[O-].Cl. The van der Waals surface area contributed by atoms with Crippen LogP contribution in [-0.2, 0) is 0 Å². The monoisotopic (exact) mass is 313 g/mol. The molecule has 0 saturated carbocycles. The summed E-state index contributed by atoms with van der Waals surface area (Å²) in [6.07, 6.45) is 1.94. The van der Waals surface area contributed by atoms with Gasteiger partial charge in [-0.2, -0.15) is 0 Å². The Kier molecular flexibility index (Phi) is 6.11. The second-order valence-electron chi connectivity index (χ2n) is 5.22. The maximum atomic E-state index is 12.2. The van der Waals surface area contributed by atoms with Gasteiger partial charge >= 0.3 is 0 Å². The van der Waals surface area contributed by atoms with Gasteiger partial charge in [-0.1, -0.05) is 6.07 Å². The Labute approximate surface area is 129 Å². The highest BCUT2D eigenvalue weighted by Gasteiger charge is 2.23. The Balaban J connectivity index is 0.00000220. The fourth-order valence-electron chi connectivity index (χ4n) is 2.44. The first-order valence-electron chi connectivity index (χ1n) is 6.78. The number of halogens is 1. The average molecular weight is 314 g/mol. The van der Waals surface area contributed by atoms with Gasteiger partial charge in [0.15, 0.2) is 0 Å². The van der Waals surface area contributed by atoms with Gasteiger partial charge in [0, 0.05) is 29.3 Å². The minimum Gasteiger partial charge on any atom is -0.348 e. The van der Waals surface area contributed by atoms with Crippen LogP contribution in [-0.4, -0.2) is 29.5 Å². The van der Waals surface area contributed by atoms with E-state index in [9.17, 15) is 14.9 Å². The van der Waals surface area contributed by atoms with E-state index in [2.05, 4.69) is 10.6 Å². The third-order valence-electron chi connectivity index (χ3n) is 3.75. The van der Waals surface area contributed by atoms with E-state index in [1.807, 2.05) is 6.92 Å². The number of rotatable bonds is 3. The molecule has 116 valence electrons. The topological polar surface area (TPSA) is 84.3 Å². The molecule has 2 atom stereocenters. The number of benzene rings is 1. The molecule has 1 aliphatic rings. The van der Waals surface area contributed by atoms with E-state index in [0.717, 1.165) is 19.4 Å². The fourth-order valence-corrected chi connectivity index (χ4v) is 2.44. The third kappa shape index (κ3) is 4.15. The van der Waals surface area contributed by atoms with Crippen LogP contribution >= 0.6 is 12.4 Å². The number of nitro groups is 1. The molecule has 0 radical (unpaired) electrons. The molecule has 0 bridgehead atoms. The third-order valence-corrected chi connectivity index (χ3v) is 3.75. The van der Waals surface area contributed by atoms with Crippen molar-refractivity contribution in [1.29, 1.82) is 0 Å². The van der Waals surface area contributed by atoms with E-state index in [-0.39, 0.29) is 36.1 Å². The summed E-state index contributed by atoms with van der Waals surface area (Å²) >= 11 is 0. The maximum absolute atomic E-state index is 12.2. The van der Waals surface area contributed by atoms with Crippen molar-refractivity contribution in [2.24, 2.45) is 0 Å². The molecule has 0 spiro atoms. The largest absolute Gasteiger partial charge is 0.348 e. The van der Waals surface area contributed by atoms with E-state index < -0.39 is 4.92 Å². The van der Waals surface area contributed by atoms with Crippen LogP contribution in [0.5, 0.6) is 0 Å². The summed E-state index contributed by atoms with van der Waals surface area (Å²) < 4.78 is 0. The number of nitrogens with one attached hydrogen (secondary N) is 2. The molecule has 1 aromatic carbocycles. The maximum Gasteiger partial charge on any atom is 0.273 e. The number of hydrogen-bond donors (Lipinski definition) is 2. The molecule has 6 nitrogen and oxygen atoms in total. The first-order chi connectivity index (χ1) is 9.49. The standard InChI is InChI=1S/C14H19N3O3.ClH/c1-9-5-6-11(8-13(9)17(19)20)14(18)16-12-4-3-7-15-10(12)2;/h5-6,8,10,12,15H,3-4,7H2,1-2H3,(H,16,18);1H. The van der Waals surface area contributed by atoms with Crippen LogP contribution in [0.25, 0.3) is 0 Å². The van der Waals surface area contributed by atoms with E-state index in [1.165, 1.54) is 6.07 Å². The molecule has 1 saturated heterocycles. The van der Waals surface area contributed by atoms with Gasteiger partial charge in [-0.3, -0.25) is 14.9 Å². The van der Waals surface area contributed by atoms with Gasteiger partial charge in [0.2, 0.25) is 0 Å². The lowest BCUT2D eigenvalue weighted by molar-refractivity contribution is -0.385. The minimum absolute atomic E-state index is 0. The van der Waals surface area contributed by atoms with E-state index in [4.69, 9.17) is 0 Å². The molecule has 0 aromatic heterocycles. The summed E-state index contributed by atoms with van der Waals surface area (Å²) in [5.41, 5.74) is 0.867. The highest BCUT2D eigenvalue weighted by molar-refractivity contribution is 5.95. The van der Waals surface area contributed by atoms with Gasteiger partial charge in [-0.15, -0.1) is 12.4 Å². The van der Waals surface area contributed by atoms with Crippen molar-refractivity contribution in [2.75, 3.05) is 6.54 Å². The van der Waals surface area contributed by atoms with Crippen LogP contribution in [0.3, 0.4) is 0 Å². The zero-order valence-corrected chi connectivity index (χ0v) is 12.9. The second-order valence-corrected chi connectivity index (χ2v) is 5.22. The molecular weight excluding hydrogens is 294 g/mol. The van der Waals surface area contributed by atoms with Crippen molar-refractivity contribution in [3.05, 3.63) is 39.4 Å². The Morgan fingerprint density at radius 1 is 1.48 bits per heavy atom. The van der Waals surface area contributed by atoms with Gasteiger partial charge in [0.1, 0.15) is 0 Å². The van der Waals surface area contributed by atoms with Gasteiger partial charge in [-0.25, -0.2) is 0 Å². The molecule has 1 amide bonds. The molecule has 0 aliphatic carbocycles. The number of amides is 1. The van der Waals surface area contributed by atoms with Gasteiger partial charge in [-0.05, 0) is 39.3 Å². The highest BCUT2D eigenvalue weighted by atomic mass is 35.5. The Morgan fingerprint density at radius 2 is 2.19 bits per heavy atom. The zero-order valence-electron chi connectivity index (χ0n) is 12.1. The number of piperidine rings is 1. The molecule has 1 fully saturated rings. The van der Waals surface area contributed by atoms with E-state index >= 15 is 0 Å². The number of aryl methyl sites for hydroxylation is 1. The Bertz CT molecular complexity index is 536. The number of carbonyl (C=O) groups excluding carboxylic acids is 1. The zero-order chi connectivity index (χ0) is 14.7. The summed E-state index contributed by atoms with van der Waals surface area (Å²) in [7, 11) is 0. The number of carbonyl (C=O) groups is 1. The van der Waals surface area contributed by atoms with Crippen LogP contribution in [0.15, 0.2) is 18.2 Å². The summed E-state index contributed by atoms with van der Waals surface area (Å²) in [5.74, 6) is -0.256. The summed E-state index contributed by atoms with van der Waals surface area (Å²) in [5, 5.41) is 17.2. The molecule has 1 heterocycles. The molecule has 21 heavy (non-hydrogen) atoms. The van der Waals surface area contributed by atoms with Crippen molar-refractivity contribution in [3.8, 4) is 0 Å². The lowest BCUT2D eigenvalue weighted by Gasteiger charge is -2.30. The van der Waals surface area contributed by atoms with Crippen LogP contribution in [0.2, 0.25) is 0 Å². The first kappa shape index (κ1) is 17.4. The number of hydrogen-bond acceptors (Lipinski definition) is 4. The molecular formula is C14H20ClN3O3. The van der Waals surface area contributed by atoms with Gasteiger partial charge in [0.05, 0.1) is 4.92 Å². The van der Waals surface area contributed by atoms with Gasteiger partial charge < -0.3 is 10.6 Å².